The third-order valence-corrected chi connectivity index (χ3v) is 4.62. The van der Waals surface area contributed by atoms with Gasteiger partial charge in [-0.2, -0.15) is 0 Å². The Morgan fingerprint density at radius 3 is 2.63 bits per heavy atom. The molecule has 4 heteroatoms. The molecule has 0 saturated carbocycles. The number of methoxy groups -OCH3 is 1. The topological polar surface area (TPSA) is 46.5 Å². The minimum Gasteiger partial charge on any atom is -0.497 e. The van der Waals surface area contributed by atoms with Gasteiger partial charge in [-0.25, -0.2) is 4.79 Å². The molecule has 19 heavy (non-hydrogen) atoms. The summed E-state index contributed by atoms with van der Waals surface area (Å²) in [6, 6.07) is 9.50. The summed E-state index contributed by atoms with van der Waals surface area (Å²) in [6.45, 7) is 1.86. The normalized spacial score (nSPS) is 11.1. The van der Waals surface area contributed by atoms with Crippen LogP contribution in [0.3, 0.4) is 0 Å². The Morgan fingerprint density at radius 2 is 1.95 bits per heavy atom. The molecule has 3 rings (SSSR count). The Balaban J connectivity index is 2.39. The van der Waals surface area contributed by atoms with Crippen molar-refractivity contribution in [1.82, 2.24) is 0 Å². The van der Waals surface area contributed by atoms with Crippen LogP contribution in [0.15, 0.2) is 30.3 Å². The van der Waals surface area contributed by atoms with E-state index in [1.165, 1.54) is 0 Å². The maximum absolute atomic E-state index is 11.2. The van der Waals surface area contributed by atoms with Crippen LogP contribution in [0.1, 0.15) is 15.9 Å². The number of fused-ring (bicyclic) bond motifs is 3. The van der Waals surface area contributed by atoms with Gasteiger partial charge in [0.25, 0.3) is 0 Å². The Hall–Kier alpha value is -2.07. The van der Waals surface area contributed by atoms with Crippen LogP contribution >= 0.6 is 11.3 Å². The highest BCUT2D eigenvalue weighted by Crippen LogP contribution is 2.38. The van der Waals surface area contributed by atoms with Crippen LogP contribution in [-0.4, -0.2) is 18.2 Å². The maximum atomic E-state index is 11.2. The Morgan fingerprint density at radius 1 is 1.21 bits per heavy atom. The number of ether oxygens (including phenoxy) is 1. The molecule has 0 saturated heterocycles. The number of aromatic carboxylic acids is 1. The molecule has 0 aliphatic heterocycles. The van der Waals surface area contributed by atoms with E-state index in [-0.39, 0.29) is 0 Å². The van der Waals surface area contributed by atoms with Gasteiger partial charge in [0.05, 0.1) is 12.7 Å². The summed E-state index contributed by atoms with van der Waals surface area (Å²) in [5.74, 6) is -0.0652. The van der Waals surface area contributed by atoms with E-state index in [1.54, 1.807) is 24.5 Å². The molecule has 0 radical (unpaired) electrons. The smallest absolute Gasteiger partial charge is 0.336 e. The van der Waals surface area contributed by atoms with Crippen molar-refractivity contribution >= 4 is 37.5 Å². The molecule has 0 aliphatic carbocycles. The van der Waals surface area contributed by atoms with Gasteiger partial charge in [-0.3, -0.25) is 0 Å². The highest BCUT2D eigenvalue weighted by Gasteiger charge is 2.14. The van der Waals surface area contributed by atoms with Crippen LogP contribution in [0.4, 0.5) is 0 Å². The van der Waals surface area contributed by atoms with E-state index in [0.29, 0.717) is 5.56 Å². The van der Waals surface area contributed by atoms with Crippen molar-refractivity contribution in [2.45, 2.75) is 6.92 Å². The number of carboxylic acids is 1. The van der Waals surface area contributed by atoms with E-state index >= 15 is 0 Å². The van der Waals surface area contributed by atoms with Gasteiger partial charge in [-0.1, -0.05) is 6.07 Å². The second kappa shape index (κ2) is 4.24. The van der Waals surface area contributed by atoms with Gasteiger partial charge >= 0.3 is 5.97 Å². The number of carboxylic acid groups (broad SMARTS) is 1. The molecular formula is C15H12O3S. The largest absolute Gasteiger partial charge is 0.497 e. The quantitative estimate of drug-likeness (QED) is 0.765. The highest BCUT2D eigenvalue weighted by molar-refractivity contribution is 7.26. The van der Waals surface area contributed by atoms with Gasteiger partial charge in [-0.05, 0) is 36.8 Å². The standard InChI is InChI=1S/C15H12O3S/c1-8-10(15(16)17)5-6-12-11-4-3-9(18-2)7-13(11)19-14(8)12/h3-7H,1-2H3,(H,16,17). The molecular weight excluding hydrogens is 260 g/mol. The molecule has 0 spiro atoms. The van der Waals surface area contributed by atoms with Gasteiger partial charge in [0, 0.05) is 20.2 Å². The van der Waals surface area contributed by atoms with Crippen molar-refractivity contribution in [3.05, 3.63) is 41.5 Å². The predicted molar refractivity (Wildman–Crippen MR) is 77.6 cm³/mol. The molecule has 0 bridgehead atoms. The zero-order valence-electron chi connectivity index (χ0n) is 10.6. The molecule has 0 aliphatic rings. The van der Waals surface area contributed by atoms with E-state index in [1.807, 2.05) is 31.2 Å². The van der Waals surface area contributed by atoms with Crippen molar-refractivity contribution in [1.29, 1.82) is 0 Å². The van der Waals surface area contributed by atoms with Crippen molar-refractivity contribution in [3.63, 3.8) is 0 Å². The van der Waals surface area contributed by atoms with Crippen molar-refractivity contribution < 1.29 is 14.6 Å². The van der Waals surface area contributed by atoms with Crippen LogP contribution in [-0.2, 0) is 0 Å². The number of thiophene rings is 1. The lowest BCUT2D eigenvalue weighted by Gasteiger charge is -2.01. The zero-order chi connectivity index (χ0) is 13.6. The summed E-state index contributed by atoms with van der Waals surface area (Å²) in [6.07, 6.45) is 0. The monoisotopic (exact) mass is 272 g/mol. The number of aryl methyl sites for hydroxylation is 1. The van der Waals surface area contributed by atoms with Gasteiger partial charge in [0.2, 0.25) is 0 Å². The fourth-order valence-corrected chi connectivity index (χ4v) is 3.55. The zero-order valence-corrected chi connectivity index (χ0v) is 11.4. The van der Waals surface area contributed by atoms with Crippen LogP contribution in [0.2, 0.25) is 0 Å². The van der Waals surface area contributed by atoms with Crippen LogP contribution in [0.25, 0.3) is 20.2 Å². The summed E-state index contributed by atoms with van der Waals surface area (Å²) in [5.41, 5.74) is 1.19. The van der Waals surface area contributed by atoms with E-state index in [0.717, 1.165) is 31.5 Å². The third kappa shape index (κ3) is 1.76. The van der Waals surface area contributed by atoms with Gasteiger partial charge in [0.1, 0.15) is 5.75 Å². The second-order valence-electron chi connectivity index (χ2n) is 4.38. The minimum atomic E-state index is -0.880. The number of hydrogen-bond acceptors (Lipinski definition) is 3. The summed E-state index contributed by atoms with van der Waals surface area (Å²) in [5, 5.41) is 11.4. The molecule has 0 fully saturated rings. The summed E-state index contributed by atoms with van der Waals surface area (Å²) < 4.78 is 7.36. The summed E-state index contributed by atoms with van der Waals surface area (Å²) in [4.78, 5) is 11.2. The van der Waals surface area contributed by atoms with Crippen molar-refractivity contribution in [3.8, 4) is 5.75 Å². The third-order valence-electron chi connectivity index (χ3n) is 3.33. The van der Waals surface area contributed by atoms with Crippen molar-refractivity contribution in [2.75, 3.05) is 7.11 Å². The number of carbonyl (C=O) groups is 1. The van der Waals surface area contributed by atoms with E-state index in [9.17, 15) is 4.79 Å². The number of benzene rings is 2. The van der Waals surface area contributed by atoms with Gasteiger partial charge in [0.15, 0.2) is 0 Å². The first-order valence-electron chi connectivity index (χ1n) is 5.85. The second-order valence-corrected chi connectivity index (χ2v) is 5.44. The molecule has 0 unspecified atom stereocenters. The molecule has 3 aromatic rings. The lowest BCUT2D eigenvalue weighted by molar-refractivity contribution is 0.0696. The lowest BCUT2D eigenvalue weighted by Crippen LogP contribution is -1.98. The molecule has 3 nitrogen and oxygen atoms in total. The van der Waals surface area contributed by atoms with Crippen LogP contribution < -0.4 is 4.74 Å². The molecule has 0 atom stereocenters. The van der Waals surface area contributed by atoms with Crippen LogP contribution in [0.5, 0.6) is 5.75 Å². The Kier molecular flexibility index (Phi) is 2.68. The fourth-order valence-electron chi connectivity index (χ4n) is 2.31. The first kappa shape index (κ1) is 12.0. The Labute approximate surface area is 114 Å². The minimum absolute atomic E-state index is 0.367. The average Bonchev–Trinajstić information content (AvgIpc) is 2.77. The van der Waals surface area contributed by atoms with Gasteiger partial charge in [-0.15, -0.1) is 11.3 Å². The average molecular weight is 272 g/mol. The molecule has 96 valence electrons. The van der Waals surface area contributed by atoms with E-state index < -0.39 is 5.97 Å². The van der Waals surface area contributed by atoms with E-state index in [2.05, 4.69) is 0 Å². The first-order chi connectivity index (χ1) is 9.11. The maximum Gasteiger partial charge on any atom is 0.336 e. The fraction of sp³-hybridized carbons (Fsp3) is 0.133. The molecule has 1 N–H and O–H groups in total. The lowest BCUT2D eigenvalue weighted by atomic mass is 10.0. The highest BCUT2D eigenvalue weighted by atomic mass is 32.1. The Bertz CT molecular complexity index is 802. The number of hydrogen-bond donors (Lipinski definition) is 1. The number of rotatable bonds is 2. The summed E-state index contributed by atoms with van der Waals surface area (Å²) in [7, 11) is 1.64. The summed E-state index contributed by atoms with van der Waals surface area (Å²) >= 11 is 1.61. The van der Waals surface area contributed by atoms with Crippen molar-refractivity contribution in [2.24, 2.45) is 0 Å². The SMILES string of the molecule is COc1ccc2c(c1)sc1c(C)c(C(=O)O)ccc12. The molecule has 0 amide bonds. The van der Waals surface area contributed by atoms with E-state index in [4.69, 9.17) is 9.84 Å². The molecule has 1 heterocycles. The molecule has 1 aromatic heterocycles. The predicted octanol–water partition coefficient (Wildman–Crippen LogP) is 4.07. The van der Waals surface area contributed by atoms with Gasteiger partial charge < -0.3 is 9.84 Å². The van der Waals surface area contributed by atoms with Crippen LogP contribution in [0, 0.1) is 6.92 Å². The first-order valence-corrected chi connectivity index (χ1v) is 6.66. The molecule has 2 aromatic carbocycles.